The number of carbonyl (C=O) groups is 1. The van der Waals surface area contributed by atoms with Crippen molar-refractivity contribution >= 4 is 16.8 Å². The first-order valence-electron chi connectivity index (χ1n) is 6.26. The van der Waals surface area contributed by atoms with Gasteiger partial charge in [-0.2, -0.15) is 13.2 Å². The zero-order valence-electron chi connectivity index (χ0n) is 11.9. The van der Waals surface area contributed by atoms with E-state index in [1.807, 2.05) is 37.3 Å². The van der Waals surface area contributed by atoms with E-state index in [2.05, 4.69) is 0 Å². The number of aliphatic carboxylic acids is 1. The molecule has 0 aromatic heterocycles. The molecule has 0 aliphatic heterocycles. The summed E-state index contributed by atoms with van der Waals surface area (Å²) in [5.41, 5.74) is 7.11. The van der Waals surface area contributed by atoms with Gasteiger partial charge in [-0.1, -0.05) is 36.4 Å². The number of benzene rings is 1. The number of rotatable bonds is 5. The summed E-state index contributed by atoms with van der Waals surface area (Å²) in [5.74, 6) is -2.23. The van der Waals surface area contributed by atoms with Crippen LogP contribution in [0.5, 0.6) is 0 Å². The van der Waals surface area contributed by atoms with E-state index in [1.165, 1.54) is 5.56 Å². The molecule has 0 aliphatic rings. The summed E-state index contributed by atoms with van der Waals surface area (Å²) in [6.07, 6.45) is -2.50. The fourth-order valence-electron chi connectivity index (χ4n) is 1.39. The maximum absolute atomic E-state index is 11.4. The van der Waals surface area contributed by atoms with Crippen LogP contribution in [-0.4, -0.2) is 33.3 Å². The summed E-state index contributed by atoms with van der Waals surface area (Å²) in [7, 11) is -0.929. The van der Waals surface area contributed by atoms with Crippen molar-refractivity contribution in [3.05, 3.63) is 47.4 Å². The van der Waals surface area contributed by atoms with E-state index in [0.717, 1.165) is 6.42 Å². The van der Waals surface area contributed by atoms with Crippen molar-refractivity contribution in [3.8, 4) is 0 Å². The Hall–Kier alpha value is -1.67. The van der Waals surface area contributed by atoms with Crippen molar-refractivity contribution in [2.75, 3.05) is 5.75 Å². The number of halogens is 3. The van der Waals surface area contributed by atoms with Crippen LogP contribution in [-0.2, 0) is 22.0 Å². The predicted octanol–water partition coefficient (Wildman–Crippen LogP) is 2.47. The van der Waals surface area contributed by atoms with Gasteiger partial charge >= 0.3 is 12.1 Å². The van der Waals surface area contributed by atoms with Crippen molar-refractivity contribution in [1.82, 2.24) is 0 Å². The third kappa shape index (κ3) is 10.1. The summed E-state index contributed by atoms with van der Waals surface area (Å²) in [6.45, 7) is 1.86. The lowest BCUT2D eigenvalue weighted by molar-refractivity contribution is -0.192. The predicted molar refractivity (Wildman–Crippen MR) is 79.6 cm³/mol. The highest BCUT2D eigenvalue weighted by atomic mass is 32.2. The summed E-state index contributed by atoms with van der Waals surface area (Å²) in [6, 6.07) is 10.0. The van der Waals surface area contributed by atoms with Gasteiger partial charge in [0.25, 0.3) is 0 Å². The minimum Gasteiger partial charge on any atom is -0.475 e. The molecule has 22 heavy (non-hydrogen) atoms. The summed E-state index contributed by atoms with van der Waals surface area (Å²) in [5, 5.41) is 8.81. The second-order valence-electron chi connectivity index (χ2n) is 4.27. The number of hydrogen-bond donors (Lipinski definition) is 2. The molecule has 0 unspecified atom stereocenters. The quantitative estimate of drug-likeness (QED) is 0.865. The Balaban J connectivity index is 0.000000534. The number of carboxylic acids is 1. The molecule has 1 aromatic carbocycles. The molecule has 0 radical (unpaired) electrons. The largest absolute Gasteiger partial charge is 0.490 e. The molecule has 0 saturated heterocycles. The molecule has 2 atom stereocenters. The molecule has 4 nitrogen and oxygen atoms in total. The molecule has 0 aliphatic carbocycles. The highest BCUT2D eigenvalue weighted by Crippen LogP contribution is 2.13. The van der Waals surface area contributed by atoms with E-state index in [0.29, 0.717) is 5.75 Å². The second kappa shape index (κ2) is 10.1. The molecule has 1 aromatic rings. The molecule has 0 spiro atoms. The molecule has 1 rings (SSSR count). The molecule has 124 valence electrons. The third-order valence-electron chi connectivity index (χ3n) is 2.25. The highest BCUT2D eigenvalue weighted by molar-refractivity contribution is 7.88. The van der Waals surface area contributed by atoms with E-state index >= 15 is 0 Å². The van der Waals surface area contributed by atoms with E-state index < -0.39 is 22.9 Å². The average molecular weight is 337 g/mol. The zero-order valence-corrected chi connectivity index (χ0v) is 12.7. The first-order valence-corrected chi connectivity index (χ1v) is 7.64. The molecule has 0 amide bonds. The Morgan fingerprint density at radius 3 is 2.27 bits per heavy atom. The van der Waals surface area contributed by atoms with Gasteiger partial charge < -0.3 is 10.8 Å². The molecule has 0 saturated carbocycles. The zero-order chi connectivity index (χ0) is 17.2. The van der Waals surface area contributed by atoms with Crippen LogP contribution in [0.4, 0.5) is 13.2 Å². The van der Waals surface area contributed by atoms with Crippen LogP contribution in [0.3, 0.4) is 0 Å². The minimum atomic E-state index is -5.08. The summed E-state index contributed by atoms with van der Waals surface area (Å²) in [4.78, 5) is 8.90. The Kier molecular flexibility index (Phi) is 9.35. The highest BCUT2D eigenvalue weighted by Gasteiger charge is 2.38. The molecule has 0 bridgehead atoms. The van der Waals surface area contributed by atoms with Crippen LogP contribution in [0.2, 0.25) is 0 Å². The van der Waals surface area contributed by atoms with Gasteiger partial charge in [0.2, 0.25) is 0 Å². The number of carboxylic acid groups (broad SMARTS) is 1. The van der Waals surface area contributed by atoms with Crippen LogP contribution >= 0.6 is 0 Å². The minimum absolute atomic E-state index is 0.0376. The normalized spacial score (nSPS) is 14.0. The fraction of sp³-hybridized carbons (Fsp3) is 0.357. The number of alkyl halides is 3. The fourth-order valence-corrected chi connectivity index (χ4v) is 2.35. The molecular formula is C14H18F3NO3S. The molecule has 0 fully saturated rings. The van der Waals surface area contributed by atoms with Gasteiger partial charge in [-0.25, -0.2) is 4.79 Å². The summed E-state index contributed by atoms with van der Waals surface area (Å²) >= 11 is 0. The van der Waals surface area contributed by atoms with Crippen molar-refractivity contribution in [2.24, 2.45) is 5.73 Å². The van der Waals surface area contributed by atoms with Crippen LogP contribution < -0.4 is 5.73 Å². The Labute approximate surface area is 129 Å². The van der Waals surface area contributed by atoms with Gasteiger partial charge in [0, 0.05) is 22.6 Å². The number of nitrogens with two attached hydrogens (primary N) is 1. The van der Waals surface area contributed by atoms with E-state index in [1.54, 1.807) is 11.5 Å². The topological polar surface area (TPSA) is 80.4 Å². The maximum atomic E-state index is 11.4. The molecule has 8 heteroatoms. The van der Waals surface area contributed by atoms with Crippen LogP contribution in [0, 0.1) is 0 Å². The Morgan fingerprint density at radius 1 is 1.36 bits per heavy atom. The lowest BCUT2D eigenvalue weighted by atomic mass is 10.1. The lowest BCUT2D eigenvalue weighted by Gasteiger charge is -2.09. The van der Waals surface area contributed by atoms with Crippen molar-refractivity contribution in [1.29, 1.82) is 0 Å². The number of allylic oxidation sites excluding steroid dienone is 1. The first-order chi connectivity index (χ1) is 10.2. The average Bonchev–Trinajstić information content (AvgIpc) is 2.39. The Bertz CT molecular complexity index is 504. The van der Waals surface area contributed by atoms with Gasteiger partial charge in [-0.3, -0.25) is 4.21 Å². The number of hydrogen-bond acceptors (Lipinski definition) is 3. The van der Waals surface area contributed by atoms with Gasteiger partial charge in [-0.05, 0) is 24.3 Å². The van der Waals surface area contributed by atoms with Gasteiger partial charge in [-0.15, -0.1) is 0 Å². The van der Waals surface area contributed by atoms with E-state index in [-0.39, 0.29) is 6.04 Å². The molecule has 3 N–H and O–H groups in total. The first kappa shape index (κ1) is 20.3. The van der Waals surface area contributed by atoms with Gasteiger partial charge in [0.05, 0.1) is 0 Å². The van der Waals surface area contributed by atoms with Crippen molar-refractivity contribution < 1.29 is 27.3 Å². The van der Waals surface area contributed by atoms with E-state index in [4.69, 9.17) is 15.6 Å². The van der Waals surface area contributed by atoms with Gasteiger partial charge in [0.15, 0.2) is 0 Å². The van der Waals surface area contributed by atoms with Crippen LogP contribution in [0.25, 0.3) is 0 Å². The van der Waals surface area contributed by atoms with Crippen LogP contribution in [0.1, 0.15) is 12.5 Å². The molecule has 0 heterocycles. The summed E-state index contributed by atoms with van der Waals surface area (Å²) < 4.78 is 43.1. The van der Waals surface area contributed by atoms with Crippen molar-refractivity contribution in [3.63, 3.8) is 0 Å². The SMILES string of the molecule is C/C=C/[S@](=O)C[C@@H](N)Cc1ccccc1.O=C(O)C(F)(F)F. The standard InChI is InChI=1S/C12H17NOS.C2HF3O2/c1-2-8-15(14)10-12(13)9-11-6-4-3-5-7-11;3-2(4,5)1(6)7/h2-8,12H,9-10,13H2,1H3;(H,6,7)/b8-2+;/t12-,15-;/m0./s1. The lowest BCUT2D eigenvalue weighted by Crippen LogP contribution is -2.28. The van der Waals surface area contributed by atoms with E-state index in [9.17, 15) is 17.4 Å². The smallest absolute Gasteiger partial charge is 0.475 e. The van der Waals surface area contributed by atoms with Crippen molar-refractivity contribution in [2.45, 2.75) is 25.6 Å². The van der Waals surface area contributed by atoms with Crippen LogP contribution in [0.15, 0.2) is 41.8 Å². The Morgan fingerprint density at radius 2 is 1.86 bits per heavy atom. The monoisotopic (exact) mass is 337 g/mol. The third-order valence-corrected chi connectivity index (χ3v) is 3.58. The maximum Gasteiger partial charge on any atom is 0.490 e. The molecular weight excluding hydrogens is 319 g/mol. The van der Waals surface area contributed by atoms with Gasteiger partial charge in [0.1, 0.15) is 0 Å². The second-order valence-corrected chi connectivity index (χ2v) is 5.64.